The van der Waals surface area contributed by atoms with E-state index in [4.69, 9.17) is 9.15 Å². The zero-order valence-electron chi connectivity index (χ0n) is 15.3. The molecule has 0 fully saturated rings. The Morgan fingerprint density at radius 2 is 2.11 bits per heavy atom. The van der Waals surface area contributed by atoms with Crippen molar-refractivity contribution in [2.75, 3.05) is 13.2 Å². The Kier molecular flexibility index (Phi) is 4.86. The third kappa shape index (κ3) is 3.43. The molecular weight excluding hydrogens is 342 g/mol. The summed E-state index contributed by atoms with van der Waals surface area (Å²) in [7, 11) is 0. The van der Waals surface area contributed by atoms with Crippen LogP contribution >= 0.6 is 0 Å². The van der Waals surface area contributed by atoms with E-state index in [0.717, 1.165) is 31.2 Å². The number of furan rings is 1. The Labute approximate surface area is 157 Å². The molecule has 1 atom stereocenters. The number of carbonyl (C=O) groups is 1. The molecule has 1 unspecified atom stereocenters. The number of hydrogen-bond acceptors (Lipinski definition) is 4. The third-order valence-electron chi connectivity index (χ3n) is 5.21. The third-order valence-corrected chi connectivity index (χ3v) is 5.21. The summed E-state index contributed by atoms with van der Waals surface area (Å²) in [6, 6.07) is 14.5. The Bertz CT molecular complexity index is 976. The maximum atomic E-state index is 11.3. The Morgan fingerprint density at radius 3 is 2.96 bits per heavy atom. The van der Waals surface area contributed by atoms with Crippen LogP contribution in [-0.4, -0.2) is 24.2 Å². The van der Waals surface area contributed by atoms with Crippen molar-refractivity contribution in [3.05, 3.63) is 64.9 Å². The van der Waals surface area contributed by atoms with E-state index in [1.807, 2.05) is 12.1 Å². The topological polar surface area (TPSA) is 71.7 Å². The van der Waals surface area contributed by atoms with Gasteiger partial charge in [0.05, 0.1) is 12.0 Å². The maximum Gasteiger partial charge on any atom is 0.372 e. The average molecular weight is 365 g/mol. The van der Waals surface area contributed by atoms with Crippen LogP contribution in [0.15, 0.2) is 46.9 Å². The van der Waals surface area contributed by atoms with Crippen LogP contribution in [0.5, 0.6) is 5.75 Å². The highest BCUT2D eigenvalue weighted by molar-refractivity contribution is 5.97. The van der Waals surface area contributed by atoms with Crippen LogP contribution in [0, 0.1) is 6.92 Å². The quantitative estimate of drug-likeness (QED) is 0.604. The Morgan fingerprint density at radius 1 is 1.26 bits per heavy atom. The number of ether oxygens (including phenoxy) is 1. The summed E-state index contributed by atoms with van der Waals surface area (Å²) in [6.45, 7) is 3.19. The zero-order chi connectivity index (χ0) is 18.8. The van der Waals surface area contributed by atoms with Crippen LogP contribution < -0.4 is 10.1 Å². The second-order valence-electron chi connectivity index (χ2n) is 6.94. The first-order chi connectivity index (χ1) is 13.1. The molecule has 0 bridgehead atoms. The highest BCUT2D eigenvalue weighted by Gasteiger charge is 2.21. The molecule has 1 aliphatic carbocycles. The number of aromatic carboxylic acids is 1. The Balaban J connectivity index is 1.34. The minimum absolute atomic E-state index is 0.0254. The lowest BCUT2D eigenvalue weighted by Gasteiger charge is -2.14. The SMILES string of the molecule is Cc1c(C(=O)O)oc2cccc(OCCCNC3CCc4ccccc43)c12. The van der Waals surface area contributed by atoms with E-state index >= 15 is 0 Å². The second kappa shape index (κ2) is 7.45. The van der Waals surface area contributed by atoms with Gasteiger partial charge in [0.1, 0.15) is 11.3 Å². The fraction of sp³-hybridized carbons (Fsp3) is 0.318. The minimum Gasteiger partial charge on any atom is -0.493 e. The Hall–Kier alpha value is -2.79. The molecule has 1 heterocycles. The predicted octanol–water partition coefficient (Wildman–Crippen LogP) is 4.49. The first-order valence-corrected chi connectivity index (χ1v) is 9.34. The van der Waals surface area contributed by atoms with Crippen molar-refractivity contribution in [3.63, 3.8) is 0 Å². The molecule has 140 valence electrons. The van der Waals surface area contributed by atoms with Crippen molar-refractivity contribution in [3.8, 4) is 5.75 Å². The number of carboxylic acid groups (broad SMARTS) is 1. The largest absolute Gasteiger partial charge is 0.493 e. The van der Waals surface area contributed by atoms with Gasteiger partial charge in [-0.2, -0.15) is 0 Å². The van der Waals surface area contributed by atoms with Gasteiger partial charge in [0.25, 0.3) is 0 Å². The second-order valence-corrected chi connectivity index (χ2v) is 6.94. The summed E-state index contributed by atoms with van der Waals surface area (Å²) in [5.74, 6) is -0.411. The molecular formula is C22H23NO4. The number of aryl methyl sites for hydroxylation is 2. The van der Waals surface area contributed by atoms with Gasteiger partial charge in [-0.15, -0.1) is 0 Å². The molecule has 0 spiro atoms. The van der Waals surface area contributed by atoms with Gasteiger partial charge < -0.3 is 19.6 Å². The van der Waals surface area contributed by atoms with Crippen molar-refractivity contribution in [1.82, 2.24) is 5.32 Å². The predicted molar refractivity (Wildman–Crippen MR) is 104 cm³/mol. The summed E-state index contributed by atoms with van der Waals surface area (Å²) in [5, 5.41) is 13.6. The van der Waals surface area contributed by atoms with Crippen LogP contribution in [0.4, 0.5) is 0 Å². The smallest absolute Gasteiger partial charge is 0.372 e. The van der Waals surface area contributed by atoms with Crippen LogP contribution in [0.1, 0.15) is 46.1 Å². The highest BCUT2D eigenvalue weighted by Crippen LogP contribution is 2.33. The lowest BCUT2D eigenvalue weighted by atomic mass is 10.1. The van der Waals surface area contributed by atoms with E-state index < -0.39 is 5.97 Å². The summed E-state index contributed by atoms with van der Waals surface area (Å²) >= 11 is 0. The average Bonchev–Trinajstić information content (AvgIpc) is 3.23. The molecule has 27 heavy (non-hydrogen) atoms. The number of carboxylic acids is 1. The first-order valence-electron chi connectivity index (χ1n) is 9.34. The number of hydrogen-bond donors (Lipinski definition) is 2. The van der Waals surface area contributed by atoms with Gasteiger partial charge >= 0.3 is 5.97 Å². The molecule has 2 N–H and O–H groups in total. The van der Waals surface area contributed by atoms with Gasteiger partial charge in [-0.3, -0.25) is 0 Å². The molecule has 0 saturated carbocycles. The zero-order valence-corrected chi connectivity index (χ0v) is 15.3. The molecule has 0 radical (unpaired) electrons. The van der Waals surface area contributed by atoms with Gasteiger partial charge in [0.15, 0.2) is 0 Å². The monoisotopic (exact) mass is 365 g/mol. The van der Waals surface area contributed by atoms with Crippen molar-refractivity contribution < 1.29 is 19.1 Å². The molecule has 3 aromatic rings. The summed E-state index contributed by atoms with van der Waals surface area (Å²) < 4.78 is 11.4. The van der Waals surface area contributed by atoms with E-state index in [0.29, 0.717) is 29.5 Å². The fourth-order valence-electron chi connectivity index (χ4n) is 3.89. The van der Waals surface area contributed by atoms with Gasteiger partial charge in [-0.05, 0) is 56.0 Å². The molecule has 4 rings (SSSR count). The van der Waals surface area contributed by atoms with Gasteiger partial charge in [-0.25, -0.2) is 4.79 Å². The summed E-state index contributed by atoms with van der Waals surface area (Å²) in [6.07, 6.45) is 3.15. The highest BCUT2D eigenvalue weighted by atomic mass is 16.5. The van der Waals surface area contributed by atoms with E-state index in [2.05, 4.69) is 29.6 Å². The van der Waals surface area contributed by atoms with Crippen LogP contribution in [-0.2, 0) is 6.42 Å². The fourth-order valence-corrected chi connectivity index (χ4v) is 3.89. The number of benzene rings is 2. The van der Waals surface area contributed by atoms with E-state index in [-0.39, 0.29) is 5.76 Å². The number of fused-ring (bicyclic) bond motifs is 2. The molecule has 0 amide bonds. The minimum atomic E-state index is -1.06. The molecule has 1 aliphatic rings. The molecule has 0 saturated heterocycles. The van der Waals surface area contributed by atoms with Gasteiger partial charge in [0, 0.05) is 11.6 Å². The van der Waals surface area contributed by atoms with Crippen molar-refractivity contribution in [1.29, 1.82) is 0 Å². The van der Waals surface area contributed by atoms with Gasteiger partial charge in [-0.1, -0.05) is 30.3 Å². The first kappa shape index (κ1) is 17.6. The van der Waals surface area contributed by atoms with E-state index in [1.54, 1.807) is 13.0 Å². The molecule has 5 heteroatoms. The normalized spacial score (nSPS) is 15.8. The maximum absolute atomic E-state index is 11.3. The molecule has 5 nitrogen and oxygen atoms in total. The van der Waals surface area contributed by atoms with E-state index in [1.165, 1.54) is 11.1 Å². The van der Waals surface area contributed by atoms with Crippen molar-refractivity contribution in [2.45, 2.75) is 32.2 Å². The van der Waals surface area contributed by atoms with E-state index in [9.17, 15) is 9.90 Å². The molecule has 0 aliphatic heterocycles. The van der Waals surface area contributed by atoms with Crippen molar-refractivity contribution in [2.24, 2.45) is 0 Å². The van der Waals surface area contributed by atoms with Crippen LogP contribution in [0.3, 0.4) is 0 Å². The number of nitrogens with one attached hydrogen (secondary N) is 1. The summed E-state index contributed by atoms with van der Waals surface area (Å²) in [4.78, 5) is 11.3. The lowest BCUT2D eigenvalue weighted by molar-refractivity contribution is 0.0664. The standard InChI is InChI=1S/C22H23NO4/c1-14-20-18(8-4-9-19(20)27-21(14)22(24)25)26-13-5-12-23-17-11-10-15-6-2-3-7-16(15)17/h2-4,6-9,17,23H,5,10-13H2,1H3,(H,24,25). The van der Waals surface area contributed by atoms with Crippen LogP contribution in [0.25, 0.3) is 11.0 Å². The number of rotatable bonds is 7. The molecule has 1 aromatic heterocycles. The summed E-state index contributed by atoms with van der Waals surface area (Å²) in [5.41, 5.74) is 4.01. The van der Waals surface area contributed by atoms with Gasteiger partial charge in [0.2, 0.25) is 5.76 Å². The van der Waals surface area contributed by atoms with Crippen LogP contribution in [0.2, 0.25) is 0 Å². The lowest BCUT2D eigenvalue weighted by Crippen LogP contribution is -2.21. The molecule has 2 aromatic carbocycles. The van der Waals surface area contributed by atoms with Crippen molar-refractivity contribution >= 4 is 16.9 Å².